The Hall–Kier alpha value is -4.02. The van der Waals surface area contributed by atoms with E-state index in [4.69, 9.17) is 16.3 Å². The van der Waals surface area contributed by atoms with Crippen LogP contribution < -0.4 is 15.4 Å². The van der Waals surface area contributed by atoms with Crippen LogP contribution in [0.2, 0.25) is 5.02 Å². The monoisotopic (exact) mass is 568 g/mol. The van der Waals surface area contributed by atoms with E-state index < -0.39 is 26.8 Å². The first-order valence-corrected chi connectivity index (χ1v) is 13.9. The van der Waals surface area contributed by atoms with Gasteiger partial charge < -0.3 is 15.4 Å². The number of amides is 1. The topological polar surface area (TPSA) is 110 Å². The summed E-state index contributed by atoms with van der Waals surface area (Å²) in [5, 5.41) is 4.93. The van der Waals surface area contributed by atoms with Gasteiger partial charge in [0.15, 0.2) is 9.84 Å². The summed E-state index contributed by atoms with van der Waals surface area (Å²) in [7, 11) is -2.06. The summed E-state index contributed by atoms with van der Waals surface area (Å²) >= 11 is 6.10. The highest BCUT2D eigenvalue weighted by atomic mass is 35.5. The lowest BCUT2D eigenvalue weighted by atomic mass is 10.1. The molecule has 0 unspecified atom stereocenters. The van der Waals surface area contributed by atoms with Crippen LogP contribution in [-0.2, 0) is 16.3 Å². The van der Waals surface area contributed by atoms with Crippen molar-refractivity contribution in [3.63, 3.8) is 0 Å². The van der Waals surface area contributed by atoms with Crippen molar-refractivity contribution in [1.29, 1.82) is 0 Å². The van der Waals surface area contributed by atoms with Gasteiger partial charge in [0, 0.05) is 18.3 Å². The lowest BCUT2D eigenvalue weighted by molar-refractivity contribution is 0.102. The van der Waals surface area contributed by atoms with E-state index in [0.29, 0.717) is 17.0 Å². The van der Waals surface area contributed by atoms with E-state index in [1.807, 2.05) is 0 Å². The van der Waals surface area contributed by atoms with E-state index in [9.17, 15) is 17.6 Å². The fraction of sp³-hybridized carbons (Fsp3) is 0.179. The molecule has 0 aliphatic heterocycles. The fourth-order valence-electron chi connectivity index (χ4n) is 3.77. The number of aromatic nitrogens is 2. The number of carbonyl (C=O) groups is 1. The SMILES string of the molecule is COc1ccc(Nc2ncc(C(=O)Nc3c(F)cccc3Cl)c(Cc3ccccc3S(=O)(=O)C(C)C)n2)cc1. The molecule has 8 nitrogen and oxygen atoms in total. The number of para-hydroxylation sites is 1. The van der Waals surface area contributed by atoms with Crippen LogP contribution in [0.4, 0.5) is 21.7 Å². The number of rotatable bonds is 9. The molecule has 1 heterocycles. The molecule has 202 valence electrons. The Labute approximate surface area is 231 Å². The van der Waals surface area contributed by atoms with Crippen LogP contribution >= 0.6 is 11.6 Å². The third-order valence-electron chi connectivity index (χ3n) is 5.92. The first-order chi connectivity index (χ1) is 18.6. The molecule has 3 aromatic carbocycles. The van der Waals surface area contributed by atoms with Crippen molar-refractivity contribution in [2.24, 2.45) is 0 Å². The maximum atomic E-state index is 14.4. The van der Waals surface area contributed by atoms with Gasteiger partial charge in [-0.3, -0.25) is 4.79 Å². The van der Waals surface area contributed by atoms with Gasteiger partial charge in [-0.25, -0.2) is 22.8 Å². The summed E-state index contributed by atoms with van der Waals surface area (Å²) in [4.78, 5) is 22.2. The summed E-state index contributed by atoms with van der Waals surface area (Å²) < 4.78 is 45.7. The number of hydrogen-bond acceptors (Lipinski definition) is 7. The number of sulfone groups is 1. The van der Waals surface area contributed by atoms with Gasteiger partial charge in [0.2, 0.25) is 5.95 Å². The Kier molecular flexibility index (Phi) is 8.47. The van der Waals surface area contributed by atoms with E-state index in [1.54, 1.807) is 63.4 Å². The van der Waals surface area contributed by atoms with Crippen LogP contribution in [0.1, 0.15) is 35.5 Å². The van der Waals surface area contributed by atoms with E-state index in [-0.39, 0.29) is 39.2 Å². The van der Waals surface area contributed by atoms with Crippen molar-refractivity contribution in [3.8, 4) is 5.75 Å². The Morgan fingerprint density at radius 3 is 2.44 bits per heavy atom. The number of nitrogens with one attached hydrogen (secondary N) is 2. The van der Waals surface area contributed by atoms with Gasteiger partial charge in [-0.05, 0) is 61.9 Å². The van der Waals surface area contributed by atoms with Crippen molar-refractivity contribution in [2.45, 2.75) is 30.4 Å². The second-order valence-electron chi connectivity index (χ2n) is 8.84. The minimum Gasteiger partial charge on any atom is -0.497 e. The van der Waals surface area contributed by atoms with Crippen LogP contribution in [0.3, 0.4) is 0 Å². The van der Waals surface area contributed by atoms with Crippen LogP contribution in [0.15, 0.2) is 77.8 Å². The third kappa shape index (κ3) is 6.35. The summed E-state index contributed by atoms with van der Waals surface area (Å²) in [5.74, 6) is -0.550. The molecule has 11 heteroatoms. The maximum absolute atomic E-state index is 14.4. The van der Waals surface area contributed by atoms with E-state index in [2.05, 4.69) is 20.6 Å². The molecule has 39 heavy (non-hydrogen) atoms. The molecule has 0 bridgehead atoms. The highest BCUT2D eigenvalue weighted by molar-refractivity contribution is 7.92. The number of benzene rings is 3. The zero-order valence-corrected chi connectivity index (χ0v) is 23.0. The van der Waals surface area contributed by atoms with Gasteiger partial charge in [-0.15, -0.1) is 0 Å². The molecule has 1 amide bonds. The molecule has 4 aromatic rings. The molecule has 0 radical (unpaired) electrons. The quantitative estimate of drug-likeness (QED) is 0.253. The Morgan fingerprint density at radius 1 is 1.05 bits per heavy atom. The molecule has 0 saturated heterocycles. The Morgan fingerprint density at radius 2 is 1.77 bits per heavy atom. The number of halogens is 2. The highest BCUT2D eigenvalue weighted by Gasteiger charge is 2.24. The predicted molar refractivity (Wildman–Crippen MR) is 149 cm³/mol. The van der Waals surface area contributed by atoms with Crippen molar-refractivity contribution < 1.29 is 22.3 Å². The standard InChI is InChI=1S/C28H26ClFN4O4S/c1-17(2)39(36,37)25-10-5-4-7-18(25)15-24-21(27(35)34-26-22(29)8-6-9-23(26)30)16-31-28(33-24)32-19-11-13-20(38-3)14-12-19/h4-14,16-17H,15H2,1-3H3,(H,34,35)(H,31,32,33). The van der Waals surface area contributed by atoms with Gasteiger partial charge >= 0.3 is 0 Å². The van der Waals surface area contributed by atoms with E-state index in [0.717, 1.165) is 0 Å². The third-order valence-corrected chi connectivity index (χ3v) is 8.48. The second-order valence-corrected chi connectivity index (χ2v) is 11.7. The lowest BCUT2D eigenvalue weighted by Crippen LogP contribution is -2.19. The van der Waals surface area contributed by atoms with Crippen LogP contribution in [0.25, 0.3) is 0 Å². The summed E-state index contributed by atoms with van der Waals surface area (Å²) in [6.45, 7) is 3.20. The molecule has 0 atom stereocenters. The normalized spacial score (nSPS) is 11.3. The second kappa shape index (κ2) is 11.8. The number of carbonyl (C=O) groups excluding carboxylic acids is 1. The van der Waals surface area contributed by atoms with Crippen LogP contribution in [-0.4, -0.2) is 36.7 Å². The number of anilines is 3. The molecule has 1 aromatic heterocycles. The van der Waals surface area contributed by atoms with Crippen molar-refractivity contribution in [1.82, 2.24) is 9.97 Å². The fourth-order valence-corrected chi connectivity index (χ4v) is 5.26. The molecular formula is C28H26ClFN4O4S. The largest absolute Gasteiger partial charge is 0.497 e. The van der Waals surface area contributed by atoms with Gasteiger partial charge in [0.1, 0.15) is 11.6 Å². The Bertz CT molecular complexity index is 1590. The van der Waals surface area contributed by atoms with Gasteiger partial charge in [-0.2, -0.15) is 0 Å². The number of methoxy groups -OCH3 is 1. The molecule has 0 spiro atoms. The molecule has 2 N–H and O–H groups in total. The first kappa shape index (κ1) is 28.0. The average Bonchev–Trinajstić information content (AvgIpc) is 2.91. The van der Waals surface area contributed by atoms with E-state index >= 15 is 0 Å². The molecule has 0 aliphatic carbocycles. The maximum Gasteiger partial charge on any atom is 0.259 e. The zero-order chi connectivity index (χ0) is 28.2. The molecule has 0 aliphatic rings. The van der Waals surface area contributed by atoms with Crippen LogP contribution in [0.5, 0.6) is 5.75 Å². The van der Waals surface area contributed by atoms with Gasteiger partial charge in [0.05, 0.1) is 39.2 Å². The molecule has 0 fully saturated rings. The predicted octanol–water partition coefficient (Wildman–Crippen LogP) is 6.05. The summed E-state index contributed by atoms with van der Waals surface area (Å²) in [6, 6.07) is 17.7. The zero-order valence-electron chi connectivity index (χ0n) is 21.4. The highest BCUT2D eigenvalue weighted by Crippen LogP contribution is 2.28. The van der Waals surface area contributed by atoms with E-state index in [1.165, 1.54) is 30.5 Å². The minimum atomic E-state index is -3.62. The van der Waals surface area contributed by atoms with Crippen molar-refractivity contribution >= 4 is 44.7 Å². The number of ether oxygens (including phenoxy) is 1. The summed E-state index contributed by atoms with van der Waals surface area (Å²) in [5.41, 5.74) is 1.21. The minimum absolute atomic E-state index is 0.00427. The molecular weight excluding hydrogens is 543 g/mol. The average molecular weight is 569 g/mol. The summed E-state index contributed by atoms with van der Waals surface area (Å²) in [6.07, 6.45) is 1.30. The lowest BCUT2D eigenvalue weighted by Gasteiger charge is -2.16. The Balaban J connectivity index is 1.76. The molecule has 0 saturated carbocycles. The molecule has 4 rings (SSSR count). The van der Waals surface area contributed by atoms with Gasteiger partial charge in [-0.1, -0.05) is 35.9 Å². The number of nitrogens with zero attached hydrogens (tertiary/aromatic N) is 2. The van der Waals surface area contributed by atoms with Crippen LogP contribution in [0, 0.1) is 5.82 Å². The van der Waals surface area contributed by atoms with Gasteiger partial charge in [0.25, 0.3) is 5.91 Å². The first-order valence-electron chi connectivity index (χ1n) is 11.9. The van der Waals surface area contributed by atoms with Crippen molar-refractivity contribution in [2.75, 3.05) is 17.7 Å². The number of hydrogen-bond donors (Lipinski definition) is 2. The smallest absolute Gasteiger partial charge is 0.259 e. The van der Waals surface area contributed by atoms with Crippen molar-refractivity contribution in [3.05, 3.63) is 101 Å².